The van der Waals surface area contributed by atoms with E-state index < -0.39 is 0 Å². The van der Waals surface area contributed by atoms with E-state index >= 15 is 0 Å². The number of ether oxygens (including phenoxy) is 1. The molecule has 11 heteroatoms. The van der Waals surface area contributed by atoms with Gasteiger partial charge in [0.25, 0.3) is 17.4 Å². The molecule has 0 radical (unpaired) electrons. The van der Waals surface area contributed by atoms with Gasteiger partial charge in [0.05, 0.1) is 34.4 Å². The van der Waals surface area contributed by atoms with Crippen LogP contribution in [0.4, 0.5) is 17.2 Å². The smallest absolute Gasteiger partial charge is 0.274 e. The van der Waals surface area contributed by atoms with Gasteiger partial charge in [-0.15, -0.1) is 11.3 Å². The van der Waals surface area contributed by atoms with Crippen molar-refractivity contribution in [3.05, 3.63) is 91.1 Å². The molecule has 2 aliphatic rings. The first-order chi connectivity index (χ1) is 20.4. The monoisotopic (exact) mass is 603 g/mol. The van der Waals surface area contributed by atoms with Gasteiger partial charge in [-0.2, -0.15) is 0 Å². The molecule has 0 atom stereocenters. The Morgan fingerprint density at radius 1 is 1.05 bits per heavy atom. The van der Waals surface area contributed by atoms with Crippen molar-refractivity contribution in [3.8, 4) is 11.1 Å². The van der Waals surface area contributed by atoms with Gasteiger partial charge in [0.2, 0.25) is 0 Å². The summed E-state index contributed by atoms with van der Waals surface area (Å²) in [6, 6.07) is 12.5. The molecule has 42 heavy (non-hydrogen) atoms. The third-order valence-electron chi connectivity index (χ3n) is 7.53. The summed E-state index contributed by atoms with van der Waals surface area (Å²) in [5, 5.41) is 6.43. The van der Waals surface area contributed by atoms with Crippen molar-refractivity contribution < 1.29 is 14.3 Å². The number of hydrogen-bond acceptors (Lipinski definition) is 7. The van der Waals surface area contributed by atoms with Gasteiger partial charge in [0.1, 0.15) is 11.5 Å². The molecule has 1 saturated heterocycles. The summed E-state index contributed by atoms with van der Waals surface area (Å²) in [5.74, 6) is 0.141. The quantitative estimate of drug-likeness (QED) is 0.301. The normalized spacial score (nSPS) is 14.8. The number of nitrogens with one attached hydrogen (secondary N) is 2. The molecule has 4 aromatic rings. The first-order valence-electron chi connectivity index (χ1n) is 13.9. The van der Waals surface area contributed by atoms with E-state index in [0.29, 0.717) is 70.1 Å². The highest BCUT2D eigenvalue weighted by Crippen LogP contribution is 2.36. The van der Waals surface area contributed by atoms with E-state index in [4.69, 9.17) is 16.3 Å². The Hall–Kier alpha value is -3.99. The molecule has 4 heterocycles. The van der Waals surface area contributed by atoms with Crippen LogP contribution in [0.5, 0.6) is 0 Å². The summed E-state index contributed by atoms with van der Waals surface area (Å²) in [6.07, 6.45) is 7.57. The van der Waals surface area contributed by atoms with Crippen molar-refractivity contribution in [2.45, 2.75) is 25.7 Å². The number of halogens is 1. The van der Waals surface area contributed by atoms with Crippen LogP contribution in [-0.4, -0.2) is 52.6 Å². The Bertz CT molecular complexity index is 1690. The van der Waals surface area contributed by atoms with Crippen LogP contribution in [-0.2, 0) is 24.6 Å². The third-order valence-corrected chi connectivity index (χ3v) is 9.18. The van der Waals surface area contributed by atoms with Crippen LogP contribution < -0.4 is 16.2 Å². The fraction of sp³-hybridized carbons (Fsp3) is 0.290. The predicted molar refractivity (Wildman–Crippen MR) is 165 cm³/mol. The highest BCUT2D eigenvalue weighted by molar-refractivity contribution is 7.14. The number of fused-ring (bicyclic) bond motifs is 1. The summed E-state index contributed by atoms with van der Waals surface area (Å²) >= 11 is 8.37. The van der Waals surface area contributed by atoms with E-state index in [-0.39, 0.29) is 17.4 Å². The van der Waals surface area contributed by atoms with Crippen LogP contribution in [0.3, 0.4) is 0 Å². The molecule has 9 nitrogen and oxygen atoms in total. The number of anilines is 3. The molecule has 2 N–H and O–H groups in total. The fourth-order valence-corrected chi connectivity index (χ4v) is 6.70. The predicted octanol–water partition coefficient (Wildman–Crippen LogP) is 5.51. The molecule has 0 saturated carbocycles. The summed E-state index contributed by atoms with van der Waals surface area (Å²) in [6.45, 7) is 2.14. The maximum atomic E-state index is 13.1. The standard InChI is InChI=1S/C31H30ClN5O4S/c1-36-18-21(15-24(31(36)40)34-27-10-9-20(17-33-27)30(39)37-11-13-41-14-12-37)22-6-4-7-23(28(22)32)35-29(38)26-16-19-5-2-3-8-25(19)42-26/h4,6-7,9-10,15-18H,2-3,5,8,11-14H2,1H3,(H,33,34)(H,35,38). The Morgan fingerprint density at radius 2 is 1.86 bits per heavy atom. The van der Waals surface area contributed by atoms with E-state index in [1.54, 1.807) is 53.7 Å². The average Bonchev–Trinajstić information content (AvgIpc) is 3.46. The zero-order chi connectivity index (χ0) is 29.2. The van der Waals surface area contributed by atoms with Crippen molar-refractivity contribution in [1.82, 2.24) is 14.5 Å². The van der Waals surface area contributed by atoms with Crippen molar-refractivity contribution >= 4 is 51.9 Å². The molecule has 1 fully saturated rings. The lowest BCUT2D eigenvalue weighted by molar-refractivity contribution is 0.0302. The second-order valence-corrected chi connectivity index (χ2v) is 11.9. The van der Waals surface area contributed by atoms with Gasteiger partial charge >= 0.3 is 0 Å². The highest BCUT2D eigenvalue weighted by atomic mass is 35.5. The van der Waals surface area contributed by atoms with Crippen LogP contribution in [0.25, 0.3) is 11.1 Å². The number of pyridine rings is 2. The van der Waals surface area contributed by atoms with E-state index in [1.807, 2.05) is 18.2 Å². The minimum Gasteiger partial charge on any atom is -0.378 e. The third kappa shape index (κ3) is 5.83. The second-order valence-electron chi connectivity index (χ2n) is 10.4. The van der Waals surface area contributed by atoms with E-state index in [9.17, 15) is 14.4 Å². The number of carbonyl (C=O) groups excluding carboxylic acids is 2. The van der Waals surface area contributed by atoms with Crippen LogP contribution in [0.1, 0.15) is 43.3 Å². The molecule has 3 aromatic heterocycles. The fourth-order valence-electron chi connectivity index (χ4n) is 5.27. The topological polar surface area (TPSA) is 106 Å². The molecule has 0 bridgehead atoms. The molecule has 0 spiro atoms. The minimum absolute atomic E-state index is 0.101. The van der Waals surface area contributed by atoms with Crippen molar-refractivity contribution in [1.29, 1.82) is 0 Å². The number of carbonyl (C=O) groups is 2. The van der Waals surface area contributed by atoms with Gasteiger partial charge in [-0.1, -0.05) is 23.7 Å². The largest absolute Gasteiger partial charge is 0.378 e. The van der Waals surface area contributed by atoms with Crippen LogP contribution in [0, 0.1) is 0 Å². The summed E-state index contributed by atoms with van der Waals surface area (Å²) < 4.78 is 6.78. The van der Waals surface area contributed by atoms with Gasteiger partial charge in [0, 0.05) is 48.5 Å². The Morgan fingerprint density at radius 3 is 2.62 bits per heavy atom. The Balaban J connectivity index is 1.22. The number of hydrogen-bond donors (Lipinski definition) is 2. The molecular weight excluding hydrogens is 574 g/mol. The van der Waals surface area contributed by atoms with Gasteiger partial charge in [0.15, 0.2) is 0 Å². The molecule has 6 rings (SSSR count). The average molecular weight is 604 g/mol. The molecule has 1 aliphatic heterocycles. The molecule has 0 unspecified atom stereocenters. The number of aromatic nitrogens is 2. The van der Waals surface area contributed by atoms with Crippen LogP contribution in [0.2, 0.25) is 5.02 Å². The maximum Gasteiger partial charge on any atom is 0.274 e. The number of morpholine rings is 1. The number of nitrogens with zero attached hydrogens (tertiary/aromatic N) is 3. The van der Waals surface area contributed by atoms with Gasteiger partial charge in [-0.25, -0.2) is 4.98 Å². The number of rotatable bonds is 6. The van der Waals surface area contributed by atoms with Crippen LogP contribution in [0.15, 0.2) is 59.7 Å². The number of aryl methyl sites for hydroxylation is 3. The number of benzene rings is 1. The van der Waals surface area contributed by atoms with Gasteiger partial charge in [-0.05, 0) is 61.6 Å². The highest BCUT2D eigenvalue weighted by Gasteiger charge is 2.21. The van der Waals surface area contributed by atoms with E-state index in [0.717, 1.165) is 25.7 Å². The second kappa shape index (κ2) is 12.1. The zero-order valence-electron chi connectivity index (χ0n) is 23.1. The molecular formula is C31H30ClN5O4S. The van der Waals surface area contributed by atoms with Crippen molar-refractivity contribution in [3.63, 3.8) is 0 Å². The first-order valence-corrected chi connectivity index (χ1v) is 15.1. The van der Waals surface area contributed by atoms with Gasteiger partial charge in [-0.3, -0.25) is 14.4 Å². The number of amides is 2. The molecule has 216 valence electrons. The molecule has 1 aromatic carbocycles. The number of thiophene rings is 1. The summed E-state index contributed by atoms with van der Waals surface area (Å²) in [7, 11) is 1.66. The first kappa shape index (κ1) is 28.1. The Kier molecular flexibility index (Phi) is 8.10. The SMILES string of the molecule is Cn1cc(-c2cccc(NC(=O)c3cc4c(s3)CCCC4)c2Cl)cc(Nc2ccc(C(=O)N3CCOCC3)cn2)c1=O. The molecule has 2 amide bonds. The summed E-state index contributed by atoms with van der Waals surface area (Å²) in [5.41, 5.74) is 3.63. The lowest BCUT2D eigenvalue weighted by Crippen LogP contribution is -2.40. The minimum atomic E-state index is -0.253. The van der Waals surface area contributed by atoms with Gasteiger partial charge < -0.3 is 24.8 Å². The summed E-state index contributed by atoms with van der Waals surface area (Å²) in [4.78, 5) is 46.9. The lowest BCUT2D eigenvalue weighted by atomic mass is 9.99. The van der Waals surface area contributed by atoms with Crippen LogP contribution >= 0.6 is 22.9 Å². The van der Waals surface area contributed by atoms with E-state index in [2.05, 4.69) is 15.6 Å². The molecule has 1 aliphatic carbocycles. The Labute approximate surface area is 252 Å². The van der Waals surface area contributed by atoms with Crippen molar-refractivity contribution in [2.75, 3.05) is 36.9 Å². The zero-order valence-corrected chi connectivity index (χ0v) is 24.7. The lowest BCUT2D eigenvalue weighted by Gasteiger charge is -2.26. The van der Waals surface area contributed by atoms with Crippen molar-refractivity contribution in [2.24, 2.45) is 7.05 Å². The van der Waals surface area contributed by atoms with E-state index in [1.165, 1.54) is 21.2 Å². The maximum absolute atomic E-state index is 13.1.